The van der Waals surface area contributed by atoms with Gasteiger partial charge in [-0.3, -0.25) is 4.90 Å². The number of anilines is 1. The van der Waals surface area contributed by atoms with Gasteiger partial charge in [-0.25, -0.2) is 4.79 Å². The predicted octanol–water partition coefficient (Wildman–Crippen LogP) is 3.71. The van der Waals surface area contributed by atoms with Crippen molar-refractivity contribution in [2.75, 3.05) is 45.7 Å². The Hall–Kier alpha value is -2.44. The van der Waals surface area contributed by atoms with Crippen molar-refractivity contribution in [3.63, 3.8) is 0 Å². The number of nitrogens with zero attached hydrogens (tertiary/aromatic N) is 2. The molecule has 1 heterocycles. The van der Waals surface area contributed by atoms with Crippen LogP contribution in [0.15, 0.2) is 42.5 Å². The molecule has 1 aliphatic heterocycles. The molecule has 0 unspecified atom stereocenters. The zero-order chi connectivity index (χ0) is 19.2. The van der Waals surface area contributed by atoms with E-state index >= 15 is 0 Å². The van der Waals surface area contributed by atoms with Crippen LogP contribution in [0.4, 0.5) is 10.5 Å². The molecule has 0 spiro atoms. The highest BCUT2D eigenvalue weighted by Gasteiger charge is 2.22. The molecule has 0 atom stereocenters. The molecular formula is C20H24ClN3O3. The molecule has 2 aromatic rings. The van der Waals surface area contributed by atoms with Crippen molar-refractivity contribution < 1.29 is 14.3 Å². The van der Waals surface area contributed by atoms with Gasteiger partial charge in [0.05, 0.1) is 24.9 Å². The second kappa shape index (κ2) is 8.97. The Morgan fingerprint density at radius 3 is 2.33 bits per heavy atom. The maximum Gasteiger partial charge on any atom is 0.322 e. The van der Waals surface area contributed by atoms with Crippen molar-refractivity contribution in [3.05, 3.63) is 53.1 Å². The number of urea groups is 1. The Labute approximate surface area is 164 Å². The first-order valence-corrected chi connectivity index (χ1v) is 9.22. The lowest BCUT2D eigenvalue weighted by Crippen LogP contribution is -2.49. The van der Waals surface area contributed by atoms with E-state index in [9.17, 15) is 4.79 Å². The van der Waals surface area contributed by atoms with E-state index in [1.807, 2.05) is 23.1 Å². The lowest BCUT2D eigenvalue weighted by molar-refractivity contribution is 0.143. The average Bonchev–Trinajstić information content (AvgIpc) is 2.70. The average molecular weight is 390 g/mol. The highest BCUT2D eigenvalue weighted by atomic mass is 35.5. The maximum absolute atomic E-state index is 12.7. The minimum absolute atomic E-state index is 0.156. The smallest absolute Gasteiger partial charge is 0.322 e. The molecule has 0 saturated carbocycles. The molecule has 1 fully saturated rings. The monoisotopic (exact) mass is 389 g/mol. The molecule has 2 aromatic carbocycles. The maximum atomic E-state index is 12.7. The molecule has 1 N–H and O–H groups in total. The summed E-state index contributed by atoms with van der Waals surface area (Å²) < 4.78 is 10.5. The number of rotatable bonds is 5. The Bertz CT molecular complexity index is 778. The molecule has 0 aliphatic carbocycles. The summed E-state index contributed by atoms with van der Waals surface area (Å²) >= 11 is 6.11. The first-order chi connectivity index (χ1) is 13.1. The van der Waals surface area contributed by atoms with Crippen LogP contribution in [0.25, 0.3) is 0 Å². The van der Waals surface area contributed by atoms with Crippen molar-refractivity contribution in [1.29, 1.82) is 0 Å². The van der Waals surface area contributed by atoms with Gasteiger partial charge >= 0.3 is 6.03 Å². The van der Waals surface area contributed by atoms with Crippen molar-refractivity contribution in [1.82, 2.24) is 9.80 Å². The molecule has 6 nitrogen and oxygen atoms in total. The number of piperazine rings is 1. The largest absolute Gasteiger partial charge is 0.495 e. The van der Waals surface area contributed by atoms with Crippen molar-refractivity contribution in [2.45, 2.75) is 6.54 Å². The normalized spacial score (nSPS) is 14.7. The summed E-state index contributed by atoms with van der Waals surface area (Å²) in [6.45, 7) is 3.92. The third-order valence-corrected chi connectivity index (χ3v) is 4.92. The molecule has 1 aliphatic rings. The second-order valence-corrected chi connectivity index (χ2v) is 6.77. The molecule has 0 bridgehead atoms. The predicted molar refractivity (Wildman–Crippen MR) is 107 cm³/mol. The molecule has 0 radical (unpaired) electrons. The molecule has 7 heteroatoms. The first-order valence-electron chi connectivity index (χ1n) is 8.84. The fourth-order valence-corrected chi connectivity index (χ4v) is 3.33. The van der Waals surface area contributed by atoms with Gasteiger partial charge in [-0.1, -0.05) is 41.9 Å². The van der Waals surface area contributed by atoms with E-state index in [-0.39, 0.29) is 6.03 Å². The zero-order valence-corrected chi connectivity index (χ0v) is 16.3. The molecule has 1 saturated heterocycles. The highest BCUT2D eigenvalue weighted by molar-refractivity contribution is 6.32. The number of hydrogen-bond acceptors (Lipinski definition) is 4. The van der Waals surface area contributed by atoms with Crippen LogP contribution in [0.3, 0.4) is 0 Å². The fraction of sp³-hybridized carbons (Fsp3) is 0.350. The summed E-state index contributed by atoms with van der Waals surface area (Å²) in [6, 6.07) is 13.5. The van der Waals surface area contributed by atoms with Crippen LogP contribution in [-0.2, 0) is 6.54 Å². The van der Waals surface area contributed by atoms with E-state index in [0.717, 1.165) is 19.6 Å². The van der Waals surface area contributed by atoms with Gasteiger partial charge in [0.15, 0.2) is 0 Å². The summed E-state index contributed by atoms with van der Waals surface area (Å²) in [5.74, 6) is 0.984. The summed E-state index contributed by atoms with van der Waals surface area (Å²) in [6.07, 6.45) is 0. The zero-order valence-electron chi connectivity index (χ0n) is 15.6. The lowest BCUT2D eigenvalue weighted by atomic mass is 10.2. The SMILES string of the molecule is COc1cc(NC(=O)N2CCN(Cc3ccccc3)CC2)c(OC)cc1Cl. The fourth-order valence-electron chi connectivity index (χ4n) is 3.10. The van der Waals surface area contributed by atoms with Crippen LogP contribution in [0, 0.1) is 0 Å². The topological polar surface area (TPSA) is 54.0 Å². The standard InChI is InChI=1S/C20H24ClN3O3/c1-26-18-13-17(19(27-2)12-16(18)21)22-20(25)24-10-8-23(9-11-24)14-15-6-4-3-5-7-15/h3-7,12-13H,8-11,14H2,1-2H3,(H,22,25). The third kappa shape index (κ3) is 4.84. The molecule has 0 aromatic heterocycles. The van der Waals surface area contributed by atoms with Gasteiger partial charge in [-0.05, 0) is 5.56 Å². The number of amides is 2. The Balaban J connectivity index is 1.58. The van der Waals surface area contributed by atoms with E-state index in [2.05, 4.69) is 22.3 Å². The number of carbonyl (C=O) groups is 1. The number of methoxy groups -OCH3 is 2. The molecule has 2 amide bonds. The van der Waals surface area contributed by atoms with E-state index in [1.165, 1.54) is 19.8 Å². The number of ether oxygens (including phenoxy) is 2. The van der Waals surface area contributed by atoms with Gasteiger partial charge in [0.2, 0.25) is 0 Å². The number of halogens is 1. The van der Waals surface area contributed by atoms with Crippen LogP contribution < -0.4 is 14.8 Å². The summed E-state index contributed by atoms with van der Waals surface area (Å²) in [5.41, 5.74) is 1.82. The number of hydrogen-bond donors (Lipinski definition) is 1. The van der Waals surface area contributed by atoms with E-state index in [0.29, 0.717) is 35.3 Å². The van der Waals surface area contributed by atoms with E-state index < -0.39 is 0 Å². The summed E-state index contributed by atoms with van der Waals surface area (Å²) in [4.78, 5) is 16.8. The Morgan fingerprint density at radius 1 is 1.04 bits per heavy atom. The molecule has 27 heavy (non-hydrogen) atoms. The summed E-state index contributed by atoms with van der Waals surface area (Å²) in [7, 11) is 3.07. The van der Waals surface area contributed by atoms with Gasteiger partial charge in [0.25, 0.3) is 0 Å². The van der Waals surface area contributed by atoms with Gasteiger partial charge in [0.1, 0.15) is 11.5 Å². The quantitative estimate of drug-likeness (QED) is 0.847. The second-order valence-electron chi connectivity index (χ2n) is 6.37. The van der Waals surface area contributed by atoms with Crippen LogP contribution in [0.2, 0.25) is 5.02 Å². The minimum atomic E-state index is -0.156. The highest BCUT2D eigenvalue weighted by Crippen LogP contribution is 2.36. The van der Waals surface area contributed by atoms with Crippen molar-refractivity contribution in [2.24, 2.45) is 0 Å². The van der Waals surface area contributed by atoms with Crippen LogP contribution >= 0.6 is 11.6 Å². The van der Waals surface area contributed by atoms with Gasteiger partial charge in [-0.2, -0.15) is 0 Å². The van der Waals surface area contributed by atoms with Crippen molar-refractivity contribution >= 4 is 23.3 Å². The number of carbonyl (C=O) groups excluding carboxylic acids is 1. The first kappa shape index (κ1) is 19.3. The number of nitrogens with one attached hydrogen (secondary N) is 1. The van der Waals surface area contributed by atoms with Gasteiger partial charge < -0.3 is 19.7 Å². The van der Waals surface area contributed by atoms with E-state index in [4.69, 9.17) is 21.1 Å². The van der Waals surface area contributed by atoms with Crippen LogP contribution in [0.1, 0.15) is 5.56 Å². The summed E-state index contributed by atoms with van der Waals surface area (Å²) in [5, 5.41) is 3.33. The van der Waals surface area contributed by atoms with Gasteiger partial charge in [0, 0.05) is 44.9 Å². The minimum Gasteiger partial charge on any atom is -0.495 e. The Morgan fingerprint density at radius 2 is 1.70 bits per heavy atom. The number of benzene rings is 2. The van der Waals surface area contributed by atoms with Crippen molar-refractivity contribution in [3.8, 4) is 11.5 Å². The van der Waals surface area contributed by atoms with E-state index in [1.54, 1.807) is 12.1 Å². The molecule has 3 rings (SSSR count). The van der Waals surface area contributed by atoms with Gasteiger partial charge in [-0.15, -0.1) is 0 Å². The third-order valence-electron chi connectivity index (χ3n) is 4.62. The lowest BCUT2D eigenvalue weighted by Gasteiger charge is -2.34. The molecular weight excluding hydrogens is 366 g/mol. The molecule has 144 valence electrons. The Kier molecular flexibility index (Phi) is 6.42. The van der Waals surface area contributed by atoms with Crippen LogP contribution in [-0.4, -0.2) is 56.2 Å². The van der Waals surface area contributed by atoms with Crippen LogP contribution in [0.5, 0.6) is 11.5 Å².